The first kappa shape index (κ1) is 13.2. The van der Waals surface area contributed by atoms with Gasteiger partial charge in [0.1, 0.15) is 22.7 Å². The van der Waals surface area contributed by atoms with Gasteiger partial charge in [0.05, 0.1) is 0 Å². The van der Waals surface area contributed by atoms with Crippen molar-refractivity contribution in [3.8, 4) is 0 Å². The van der Waals surface area contributed by atoms with Gasteiger partial charge in [-0.05, 0) is 6.07 Å². The van der Waals surface area contributed by atoms with E-state index in [4.69, 9.17) is 5.11 Å². The van der Waals surface area contributed by atoms with E-state index in [2.05, 4.69) is 24.9 Å². The highest BCUT2D eigenvalue weighted by molar-refractivity contribution is 7.89. The zero-order valence-corrected chi connectivity index (χ0v) is 10.4. The number of carboxylic acids is 1. The number of hydrogen-bond donors (Lipinski definition) is 4. The Morgan fingerprint density at radius 2 is 2.26 bits per heavy atom. The molecule has 0 saturated heterocycles. The Labute approximate surface area is 108 Å². The van der Waals surface area contributed by atoms with Crippen molar-refractivity contribution in [3.05, 3.63) is 30.1 Å². The van der Waals surface area contributed by atoms with Crippen LogP contribution in [-0.2, 0) is 16.4 Å². The van der Waals surface area contributed by atoms with E-state index in [0.29, 0.717) is 12.2 Å². The summed E-state index contributed by atoms with van der Waals surface area (Å²) >= 11 is 0. The maximum atomic E-state index is 11.8. The first-order valence-corrected chi connectivity index (χ1v) is 6.73. The lowest BCUT2D eigenvalue weighted by Crippen LogP contribution is -2.26. The fraction of sp³-hybridized carbons (Fsp3) is 0.222. The molecule has 19 heavy (non-hydrogen) atoms. The molecule has 2 aromatic rings. The van der Waals surface area contributed by atoms with Gasteiger partial charge in [0.15, 0.2) is 0 Å². The summed E-state index contributed by atoms with van der Waals surface area (Å²) in [6.07, 6.45) is 2.81. The third-order valence-electron chi connectivity index (χ3n) is 2.32. The summed E-state index contributed by atoms with van der Waals surface area (Å²) in [5, 5.41) is 14.9. The second kappa shape index (κ2) is 5.20. The Balaban J connectivity index is 1.99. The summed E-state index contributed by atoms with van der Waals surface area (Å²) in [6, 6.07) is 1.05. The minimum Gasteiger partial charge on any atom is -0.477 e. The van der Waals surface area contributed by atoms with Gasteiger partial charge in [-0.15, -0.1) is 0 Å². The van der Waals surface area contributed by atoms with E-state index in [0.717, 1.165) is 12.3 Å². The lowest BCUT2D eigenvalue weighted by molar-refractivity contribution is 0.0691. The smallest absolute Gasteiger partial charge is 0.352 e. The number of nitrogens with one attached hydrogen (secondary N) is 3. The second-order valence-electron chi connectivity index (χ2n) is 3.63. The average molecular weight is 285 g/mol. The minimum absolute atomic E-state index is 0.123. The quantitative estimate of drug-likeness (QED) is 0.556. The van der Waals surface area contributed by atoms with Gasteiger partial charge >= 0.3 is 5.97 Å². The average Bonchev–Trinajstić information content (AvgIpc) is 2.99. The standard InChI is InChI=1S/C9H11N5O4S/c15-9(16)7-3-6(4-10-7)19(17,18)13-2-1-8-11-5-12-14-8/h3-5,10,13H,1-2H2,(H,15,16)(H,11,12,14). The van der Waals surface area contributed by atoms with Crippen LogP contribution in [-0.4, -0.2) is 46.2 Å². The topological polar surface area (TPSA) is 141 Å². The number of carbonyl (C=O) groups is 1. The fourth-order valence-electron chi connectivity index (χ4n) is 1.39. The van der Waals surface area contributed by atoms with Gasteiger partial charge in [0.2, 0.25) is 10.0 Å². The lowest BCUT2D eigenvalue weighted by atomic mass is 10.4. The van der Waals surface area contributed by atoms with Crippen molar-refractivity contribution in [2.24, 2.45) is 0 Å². The summed E-state index contributed by atoms with van der Waals surface area (Å²) < 4.78 is 26.0. The number of aromatic amines is 2. The van der Waals surface area contributed by atoms with Crippen LogP contribution in [0.3, 0.4) is 0 Å². The van der Waals surface area contributed by atoms with Gasteiger partial charge in [0, 0.05) is 19.2 Å². The van der Waals surface area contributed by atoms with Crippen LogP contribution in [0.2, 0.25) is 0 Å². The molecule has 0 aliphatic heterocycles. The molecule has 2 rings (SSSR count). The number of aromatic nitrogens is 4. The van der Waals surface area contributed by atoms with Crippen LogP contribution in [0, 0.1) is 0 Å². The maximum absolute atomic E-state index is 11.8. The van der Waals surface area contributed by atoms with Crippen molar-refractivity contribution in [2.75, 3.05) is 6.54 Å². The van der Waals surface area contributed by atoms with Crippen LogP contribution >= 0.6 is 0 Å². The van der Waals surface area contributed by atoms with Crippen LogP contribution in [0.5, 0.6) is 0 Å². The van der Waals surface area contributed by atoms with Crippen LogP contribution in [0.25, 0.3) is 0 Å². The number of nitrogens with zero attached hydrogens (tertiary/aromatic N) is 2. The summed E-state index contributed by atoms with van der Waals surface area (Å²) in [7, 11) is -3.73. The highest BCUT2D eigenvalue weighted by Crippen LogP contribution is 2.10. The molecule has 102 valence electrons. The number of aromatic carboxylic acids is 1. The molecule has 2 heterocycles. The Hall–Kier alpha value is -2.20. The molecular formula is C9H11N5O4S. The van der Waals surface area contributed by atoms with Crippen LogP contribution in [0.1, 0.15) is 16.3 Å². The molecule has 0 unspecified atom stereocenters. The molecule has 0 aliphatic carbocycles. The lowest BCUT2D eigenvalue weighted by Gasteiger charge is -2.02. The molecule has 0 atom stereocenters. The Morgan fingerprint density at radius 3 is 2.84 bits per heavy atom. The number of sulfonamides is 1. The van der Waals surface area contributed by atoms with E-state index in [9.17, 15) is 13.2 Å². The summed E-state index contributed by atoms with van der Waals surface area (Å²) in [5.74, 6) is -0.661. The number of carboxylic acid groups (broad SMARTS) is 1. The number of H-pyrrole nitrogens is 2. The van der Waals surface area contributed by atoms with Crippen molar-refractivity contribution < 1.29 is 18.3 Å². The molecule has 0 bridgehead atoms. The van der Waals surface area contributed by atoms with Gasteiger partial charge in [-0.2, -0.15) is 5.10 Å². The minimum atomic E-state index is -3.73. The van der Waals surface area contributed by atoms with Crippen molar-refractivity contribution in [2.45, 2.75) is 11.3 Å². The zero-order valence-electron chi connectivity index (χ0n) is 9.62. The van der Waals surface area contributed by atoms with E-state index in [1.165, 1.54) is 6.33 Å². The molecule has 10 heteroatoms. The summed E-state index contributed by atoms with van der Waals surface area (Å²) in [4.78, 5) is 16.7. The Morgan fingerprint density at radius 1 is 1.47 bits per heavy atom. The predicted octanol–water partition coefficient (Wildman–Crippen LogP) is -0.648. The highest BCUT2D eigenvalue weighted by Gasteiger charge is 2.17. The summed E-state index contributed by atoms with van der Waals surface area (Å²) in [6.45, 7) is 0.130. The van der Waals surface area contributed by atoms with E-state index < -0.39 is 16.0 Å². The number of hydrogen-bond acceptors (Lipinski definition) is 5. The predicted molar refractivity (Wildman–Crippen MR) is 63.0 cm³/mol. The molecule has 0 saturated carbocycles. The van der Waals surface area contributed by atoms with Gasteiger partial charge in [-0.25, -0.2) is 22.9 Å². The molecule has 0 radical (unpaired) electrons. The normalized spacial score (nSPS) is 11.6. The summed E-state index contributed by atoms with van der Waals surface area (Å²) in [5.41, 5.74) is -0.185. The molecule has 2 aromatic heterocycles. The van der Waals surface area contributed by atoms with Crippen LogP contribution < -0.4 is 4.72 Å². The van der Waals surface area contributed by atoms with Crippen molar-refractivity contribution in [3.63, 3.8) is 0 Å². The van der Waals surface area contributed by atoms with Crippen LogP contribution in [0.4, 0.5) is 0 Å². The maximum Gasteiger partial charge on any atom is 0.352 e. The largest absolute Gasteiger partial charge is 0.477 e. The third kappa shape index (κ3) is 3.17. The molecule has 9 nitrogen and oxygen atoms in total. The Bertz CT molecular complexity index is 661. The third-order valence-corrected chi connectivity index (χ3v) is 3.76. The molecule has 0 amide bonds. The van der Waals surface area contributed by atoms with Gasteiger partial charge in [0.25, 0.3) is 0 Å². The van der Waals surface area contributed by atoms with E-state index in [-0.39, 0.29) is 17.1 Å². The number of rotatable bonds is 6. The first-order valence-electron chi connectivity index (χ1n) is 5.24. The Kier molecular flexibility index (Phi) is 3.62. The molecule has 0 fully saturated rings. The highest BCUT2D eigenvalue weighted by atomic mass is 32.2. The van der Waals surface area contributed by atoms with Crippen molar-refractivity contribution in [1.29, 1.82) is 0 Å². The van der Waals surface area contributed by atoms with E-state index >= 15 is 0 Å². The second-order valence-corrected chi connectivity index (χ2v) is 5.40. The van der Waals surface area contributed by atoms with E-state index in [1.54, 1.807) is 0 Å². The van der Waals surface area contributed by atoms with Crippen LogP contribution in [0.15, 0.2) is 23.5 Å². The SMILES string of the molecule is O=C(O)c1cc(S(=O)(=O)NCCc2ncn[nH]2)c[nH]1. The molecular weight excluding hydrogens is 274 g/mol. The first-order chi connectivity index (χ1) is 8.99. The monoisotopic (exact) mass is 285 g/mol. The molecule has 0 spiro atoms. The van der Waals surface area contributed by atoms with Crippen molar-refractivity contribution in [1.82, 2.24) is 24.9 Å². The fourth-order valence-corrected chi connectivity index (χ4v) is 2.42. The molecule has 0 aliphatic rings. The molecule has 4 N–H and O–H groups in total. The zero-order chi connectivity index (χ0) is 13.9. The van der Waals surface area contributed by atoms with Gasteiger partial charge in [-0.3, -0.25) is 5.10 Å². The van der Waals surface area contributed by atoms with Crippen molar-refractivity contribution >= 4 is 16.0 Å². The van der Waals surface area contributed by atoms with E-state index in [1.807, 2.05) is 0 Å². The van der Waals surface area contributed by atoms with Gasteiger partial charge < -0.3 is 10.1 Å². The van der Waals surface area contributed by atoms with Gasteiger partial charge in [-0.1, -0.05) is 0 Å². The molecule has 0 aromatic carbocycles.